The average Bonchev–Trinajstić information content (AvgIpc) is 2.87. The summed E-state index contributed by atoms with van der Waals surface area (Å²) in [5, 5.41) is 11.3. The van der Waals surface area contributed by atoms with Crippen LogP contribution in [0.25, 0.3) is 0 Å². The van der Waals surface area contributed by atoms with Gasteiger partial charge >= 0.3 is 5.97 Å². The molecular weight excluding hydrogens is 248 g/mol. The molecule has 1 aliphatic rings. The van der Waals surface area contributed by atoms with E-state index in [2.05, 4.69) is 0 Å². The van der Waals surface area contributed by atoms with Gasteiger partial charge in [-0.1, -0.05) is 18.5 Å². The van der Waals surface area contributed by atoms with Crippen molar-refractivity contribution in [3.8, 4) is 0 Å². The lowest BCUT2D eigenvalue weighted by atomic mass is 9.98. The number of carboxylic acids is 1. The lowest BCUT2D eigenvalue weighted by Crippen LogP contribution is -2.19. The second-order valence-corrected chi connectivity index (χ2v) is 5.36. The molecule has 1 aromatic rings. The van der Waals surface area contributed by atoms with E-state index in [1.807, 2.05) is 0 Å². The minimum atomic E-state index is -0.874. The quantitative estimate of drug-likeness (QED) is 0.845. The largest absolute Gasteiger partial charge is 0.481 e. The van der Waals surface area contributed by atoms with Crippen LogP contribution in [0.4, 0.5) is 0 Å². The molecule has 1 aliphatic carbocycles. The van der Waals surface area contributed by atoms with Gasteiger partial charge < -0.3 is 5.11 Å². The maximum Gasteiger partial charge on any atom is 0.310 e. The maximum atomic E-state index is 12.0. The first-order chi connectivity index (χ1) is 7.53. The van der Waals surface area contributed by atoms with Crippen molar-refractivity contribution in [3.63, 3.8) is 0 Å². The number of rotatable bonds is 4. The van der Waals surface area contributed by atoms with Gasteiger partial charge in [-0.05, 0) is 24.3 Å². The fourth-order valence-electron chi connectivity index (χ4n) is 2.06. The van der Waals surface area contributed by atoms with E-state index >= 15 is 0 Å². The Bertz CT molecular complexity index is 454. The van der Waals surface area contributed by atoms with Crippen molar-refractivity contribution in [2.24, 2.45) is 11.3 Å². The third-order valence-corrected chi connectivity index (χ3v) is 4.65. The van der Waals surface area contributed by atoms with E-state index in [1.54, 1.807) is 18.4 Å². The highest BCUT2D eigenvalue weighted by Crippen LogP contribution is 2.57. The van der Waals surface area contributed by atoms with E-state index in [0.29, 0.717) is 22.7 Å². The fraction of sp³-hybridized carbons (Fsp3) is 0.455. The topological polar surface area (TPSA) is 54.4 Å². The summed E-state index contributed by atoms with van der Waals surface area (Å²) in [5.41, 5.74) is -0.843. The Labute approximate surface area is 102 Å². The van der Waals surface area contributed by atoms with E-state index in [-0.39, 0.29) is 5.78 Å². The van der Waals surface area contributed by atoms with Crippen molar-refractivity contribution < 1.29 is 14.7 Å². The Morgan fingerprint density at radius 3 is 2.75 bits per heavy atom. The number of carbonyl (C=O) groups excluding carboxylic acids is 1. The molecule has 0 amide bonds. The van der Waals surface area contributed by atoms with E-state index < -0.39 is 17.3 Å². The van der Waals surface area contributed by atoms with Gasteiger partial charge in [-0.25, -0.2) is 0 Å². The molecule has 0 saturated heterocycles. The molecule has 1 N–H and O–H groups in total. The van der Waals surface area contributed by atoms with Crippen molar-refractivity contribution in [1.29, 1.82) is 0 Å². The number of carboxylic acid groups (broad SMARTS) is 1. The lowest BCUT2D eigenvalue weighted by molar-refractivity contribution is -0.143. The van der Waals surface area contributed by atoms with Crippen LogP contribution in [-0.4, -0.2) is 16.9 Å². The summed E-state index contributed by atoms with van der Waals surface area (Å²) in [4.78, 5) is 23.6. The number of carbonyl (C=O) groups is 2. The summed E-state index contributed by atoms with van der Waals surface area (Å²) < 4.78 is 0. The number of thiophene rings is 1. The summed E-state index contributed by atoms with van der Waals surface area (Å²) >= 11 is 7.14. The van der Waals surface area contributed by atoms with Crippen molar-refractivity contribution in [3.05, 3.63) is 21.3 Å². The van der Waals surface area contributed by atoms with Gasteiger partial charge in [-0.2, -0.15) is 0 Å². The summed E-state index contributed by atoms with van der Waals surface area (Å²) in [6, 6.07) is 1.66. The van der Waals surface area contributed by atoms with Crippen LogP contribution in [0.15, 0.2) is 11.4 Å². The van der Waals surface area contributed by atoms with E-state index in [0.717, 1.165) is 0 Å². The van der Waals surface area contributed by atoms with Crippen LogP contribution >= 0.6 is 22.9 Å². The molecule has 2 rings (SSSR count). The van der Waals surface area contributed by atoms with Crippen LogP contribution in [0.5, 0.6) is 0 Å². The Morgan fingerprint density at radius 1 is 1.69 bits per heavy atom. The highest BCUT2D eigenvalue weighted by atomic mass is 35.5. The lowest BCUT2D eigenvalue weighted by Gasteiger charge is -2.07. The van der Waals surface area contributed by atoms with Gasteiger partial charge in [0.25, 0.3) is 0 Å². The monoisotopic (exact) mass is 258 g/mol. The first-order valence-corrected chi connectivity index (χ1v) is 6.29. The number of hydrogen-bond donors (Lipinski definition) is 1. The van der Waals surface area contributed by atoms with E-state index in [4.69, 9.17) is 16.7 Å². The zero-order valence-corrected chi connectivity index (χ0v) is 10.3. The molecule has 2 unspecified atom stereocenters. The van der Waals surface area contributed by atoms with Crippen LogP contribution in [-0.2, 0) is 4.79 Å². The van der Waals surface area contributed by atoms with Gasteiger partial charge in [0.05, 0.1) is 15.3 Å². The van der Waals surface area contributed by atoms with Crippen molar-refractivity contribution >= 4 is 34.7 Å². The summed E-state index contributed by atoms with van der Waals surface area (Å²) in [6.07, 6.45) is 0.924. The van der Waals surface area contributed by atoms with E-state index in [1.165, 1.54) is 11.3 Å². The standard InChI is InChI=1S/C11H11ClO3S/c1-2-11(10(14)15)5-6(11)8(13)9-7(12)3-4-16-9/h3-4,6H,2,5H2,1H3,(H,14,15). The molecule has 5 heteroatoms. The Kier molecular flexibility index (Phi) is 2.80. The summed E-state index contributed by atoms with van der Waals surface area (Å²) in [5.74, 6) is -1.39. The smallest absolute Gasteiger partial charge is 0.310 e. The number of halogens is 1. The predicted octanol–water partition coefficient (Wildman–Crippen LogP) is 3.09. The molecule has 0 aromatic carbocycles. The highest BCUT2D eigenvalue weighted by Gasteiger charge is 2.62. The number of hydrogen-bond acceptors (Lipinski definition) is 3. The maximum absolute atomic E-state index is 12.0. The Hall–Kier alpha value is -0.870. The van der Waals surface area contributed by atoms with Crippen LogP contribution in [0.1, 0.15) is 29.4 Å². The van der Waals surface area contributed by atoms with Crippen LogP contribution in [0.3, 0.4) is 0 Å². The normalized spacial score (nSPS) is 27.8. The zero-order valence-electron chi connectivity index (χ0n) is 8.70. The molecule has 0 aliphatic heterocycles. The van der Waals surface area contributed by atoms with Gasteiger partial charge in [0.2, 0.25) is 0 Å². The second kappa shape index (κ2) is 3.86. The first kappa shape index (κ1) is 11.6. The third kappa shape index (κ3) is 1.57. The molecule has 86 valence electrons. The fourth-order valence-corrected chi connectivity index (χ4v) is 3.20. The molecular formula is C11H11ClO3S. The van der Waals surface area contributed by atoms with Crippen molar-refractivity contribution in [2.45, 2.75) is 19.8 Å². The highest BCUT2D eigenvalue weighted by molar-refractivity contribution is 7.12. The predicted molar refractivity (Wildman–Crippen MR) is 62.1 cm³/mol. The molecule has 0 radical (unpaired) electrons. The van der Waals surface area contributed by atoms with Crippen LogP contribution in [0.2, 0.25) is 5.02 Å². The molecule has 16 heavy (non-hydrogen) atoms. The number of Topliss-reactive ketones (excluding diaryl/α,β-unsaturated/α-hetero) is 1. The third-order valence-electron chi connectivity index (χ3n) is 3.29. The molecule has 2 atom stereocenters. The summed E-state index contributed by atoms with van der Waals surface area (Å²) in [7, 11) is 0. The number of ketones is 1. The van der Waals surface area contributed by atoms with E-state index in [9.17, 15) is 9.59 Å². The molecule has 0 spiro atoms. The molecule has 1 fully saturated rings. The van der Waals surface area contributed by atoms with Gasteiger partial charge in [0, 0.05) is 5.92 Å². The average molecular weight is 259 g/mol. The minimum absolute atomic E-state index is 0.121. The zero-order chi connectivity index (χ0) is 11.9. The second-order valence-electron chi connectivity index (χ2n) is 4.03. The SMILES string of the molecule is CCC1(C(=O)O)CC1C(=O)c1sccc1Cl. The molecule has 1 saturated carbocycles. The number of aliphatic carboxylic acids is 1. The van der Waals surface area contributed by atoms with Gasteiger partial charge in [0.1, 0.15) is 0 Å². The van der Waals surface area contributed by atoms with Gasteiger partial charge in [-0.3, -0.25) is 9.59 Å². The Morgan fingerprint density at radius 2 is 2.38 bits per heavy atom. The first-order valence-electron chi connectivity index (χ1n) is 5.03. The summed E-state index contributed by atoms with van der Waals surface area (Å²) in [6.45, 7) is 1.80. The Balaban J connectivity index is 2.22. The van der Waals surface area contributed by atoms with Gasteiger partial charge in [-0.15, -0.1) is 11.3 Å². The van der Waals surface area contributed by atoms with Crippen LogP contribution < -0.4 is 0 Å². The molecule has 1 aromatic heterocycles. The molecule has 1 heterocycles. The van der Waals surface area contributed by atoms with Gasteiger partial charge in [0.15, 0.2) is 5.78 Å². The van der Waals surface area contributed by atoms with Crippen molar-refractivity contribution in [2.75, 3.05) is 0 Å². The molecule has 0 bridgehead atoms. The minimum Gasteiger partial charge on any atom is -0.481 e. The van der Waals surface area contributed by atoms with Crippen LogP contribution in [0, 0.1) is 11.3 Å². The molecule has 3 nitrogen and oxygen atoms in total. The van der Waals surface area contributed by atoms with Crippen molar-refractivity contribution in [1.82, 2.24) is 0 Å².